The standard InChI is InChI=1S/C18H19NO2/c1-14(20)21-13-17-18(16-10-6-3-7-11-16)19(17)12-15-8-4-2-5-9-15/h2-11,17-18H,12-13H2,1H3/t17-,18-,19?/m0/s1. The van der Waals surface area contributed by atoms with Gasteiger partial charge in [-0.3, -0.25) is 9.69 Å². The fourth-order valence-electron chi connectivity index (χ4n) is 2.79. The van der Waals surface area contributed by atoms with E-state index >= 15 is 0 Å². The van der Waals surface area contributed by atoms with E-state index in [0.29, 0.717) is 12.6 Å². The Morgan fingerprint density at radius 3 is 2.29 bits per heavy atom. The molecule has 21 heavy (non-hydrogen) atoms. The summed E-state index contributed by atoms with van der Waals surface area (Å²) in [5.74, 6) is -0.214. The molecule has 1 heterocycles. The summed E-state index contributed by atoms with van der Waals surface area (Å²) >= 11 is 0. The molecule has 0 aromatic heterocycles. The Morgan fingerprint density at radius 1 is 1.05 bits per heavy atom. The highest BCUT2D eigenvalue weighted by atomic mass is 16.5. The van der Waals surface area contributed by atoms with Crippen LogP contribution in [0.1, 0.15) is 24.1 Å². The van der Waals surface area contributed by atoms with Gasteiger partial charge in [-0.15, -0.1) is 0 Å². The zero-order valence-electron chi connectivity index (χ0n) is 12.1. The van der Waals surface area contributed by atoms with Gasteiger partial charge in [0.1, 0.15) is 6.61 Å². The van der Waals surface area contributed by atoms with Crippen molar-refractivity contribution in [3.63, 3.8) is 0 Å². The van der Waals surface area contributed by atoms with Crippen LogP contribution < -0.4 is 0 Å². The van der Waals surface area contributed by atoms with Gasteiger partial charge in [-0.25, -0.2) is 0 Å². The number of carbonyl (C=O) groups is 1. The van der Waals surface area contributed by atoms with Gasteiger partial charge >= 0.3 is 5.97 Å². The molecule has 1 fully saturated rings. The lowest BCUT2D eigenvalue weighted by molar-refractivity contribution is -0.141. The molecule has 2 aromatic carbocycles. The Hall–Kier alpha value is -2.13. The van der Waals surface area contributed by atoms with Crippen LogP contribution in [0.25, 0.3) is 0 Å². The monoisotopic (exact) mass is 281 g/mol. The van der Waals surface area contributed by atoms with E-state index in [9.17, 15) is 4.79 Å². The molecule has 2 aromatic rings. The van der Waals surface area contributed by atoms with Crippen LogP contribution in [0.2, 0.25) is 0 Å². The van der Waals surface area contributed by atoms with Crippen molar-refractivity contribution in [2.45, 2.75) is 25.6 Å². The summed E-state index contributed by atoms with van der Waals surface area (Å²) in [5, 5.41) is 0. The second-order valence-electron chi connectivity index (χ2n) is 5.38. The zero-order chi connectivity index (χ0) is 14.7. The highest BCUT2D eigenvalue weighted by molar-refractivity contribution is 5.66. The Kier molecular flexibility index (Phi) is 4.02. The van der Waals surface area contributed by atoms with Crippen LogP contribution in [0.5, 0.6) is 0 Å². The normalized spacial score (nSPS) is 23.6. The number of ether oxygens (including phenoxy) is 1. The molecule has 0 saturated carbocycles. The van der Waals surface area contributed by atoms with E-state index < -0.39 is 0 Å². The second-order valence-corrected chi connectivity index (χ2v) is 5.38. The lowest BCUT2D eigenvalue weighted by atomic mass is 10.1. The van der Waals surface area contributed by atoms with Crippen molar-refractivity contribution in [3.05, 3.63) is 71.8 Å². The number of carbonyl (C=O) groups excluding carboxylic acids is 1. The number of rotatable bonds is 5. The van der Waals surface area contributed by atoms with Gasteiger partial charge in [0.15, 0.2) is 0 Å². The molecule has 1 aliphatic rings. The van der Waals surface area contributed by atoms with Crippen molar-refractivity contribution in [2.24, 2.45) is 0 Å². The minimum Gasteiger partial charge on any atom is -0.464 e. The van der Waals surface area contributed by atoms with Crippen LogP contribution in [0.3, 0.4) is 0 Å². The minimum atomic E-state index is -0.214. The summed E-state index contributed by atoms with van der Waals surface area (Å²) in [6.07, 6.45) is 0. The van der Waals surface area contributed by atoms with E-state index in [1.807, 2.05) is 12.1 Å². The molecular weight excluding hydrogens is 262 g/mol. The Labute approximate surface area is 125 Å². The van der Waals surface area contributed by atoms with Crippen LogP contribution in [-0.2, 0) is 16.1 Å². The number of nitrogens with zero attached hydrogens (tertiary/aromatic N) is 1. The second kappa shape index (κ2) is 6.10. The van der Waals surface area contributed by atoms with E-state index in [-0.39, 0.29) is 12.0 Å². The van der Waals surface area contributed by atoms with Crippen molar-refractivity contribution in [1.29, 1.82) is 0 Å². The topological polar surface area (TPSA) is 29.3 Å². The molecule has 0 aliphatic carbocycles. The van der Waals surface area contributed by atoms with E-state index in [2.05, 4.69) is 53.4 Å². The summed E-state index contributed by atoms with van der Waals surface area (Å²) < 4.78 is 5.20. The Balaban J connectivity index is 1.72. The van der Waals surface area contributed by atoms with Gasteiger partial charge < -0.3 is 4.74 Å². The molecule has 0 N–H and O–H groups in total. The fourth-order valence-corrected chi connectivity index (χ4v) is 2.79. The molecule has 1 aliphatic heterocycles. The number of benzene rings is 2. The molecule has 3 atom stereocenters. The molecule has 3 nitrogen and oxygen atoms in total. The fraction of sp³-hybridized carbons (Fsp3) is 0.278. The van der Waals surface area contributed by atoms with Crippen LogP contribution in [0.15, 0.2) is 60.7 Å². The average Bonchev–Trinajstić information content (AvgIpc) is 3.19. The molecule has 108 valence electrons. The predicted octanol–water partition coefficient (Wildman–Crippen LogP) is 3.18. The van der Waals surface area contributed by atoms with Crippen LogP contribution in [0, 0.1) is 0 Å². The highest BCUT2D eigenvalue weighted by Crippen LogP contribution is 2.44. The third-order valence-corrected chi connectivity index (χ3v) is 3.86. The van der Waals surface area contributed by atoms with E-state index in [0.717, 1.165) is 6.54 Å². The zero-order valence-corrected chi connectivity index (χ0v) is 12.1. The van der Waals surface area contributed by atoms with E-state index in [4.69, 9.17) is 4.74 Å². The minimum absolute atomic E-state index is 0.214. The lowest BCUT2D eigenvalue weighted by Gasteiger charge is -2.04. The van der Waals surface area contributed by atoms with Gasteiger partial charge in [0, 0.05) is 13.5 Å². The first kappa shape index (κ1) is 13.8. The summed E-state index contributed by atoms with van der Waals surface area (Å²) in [7, 11) is 0. The SMILES string of the molecule is CC(=O)OC[C@H]1[C@H](c2ccccc2)N1Cc1ccccc1. The first-order chi connectivity index (χ1) is 10.3. The number of esters is 1. The first-order valence-electron chi connectivity index (χ1n) is 7.23. The molecule has 3 rings (SSSR count). The van der Waals surface area contributed by atoms with Gasteiger partial charge in [0.2, 0.25) is 0 Å². The molecule has 1 unspecified atom stereocenters. The maximum absolute atomic E-state index is 11.0. The molecule has 0 amide bonds. The summed E-state index contributed by atoms with van der Waals surface area (Å²) in [4.78, 5) is 13.4. The van der Waals surface area contributed by atoms with Crippen LogP contribution in [-0.4, -0.2) is 23.5 Å². The summed E-state index contributed by atoms with van der Waals surface area (Å²) in [6, 6.07) is 21.4. The molecular formula is C18H19NO2. The van der Waals surface area contributed by atoms with Gasteiger partial charge in [-0.2, -0.15) is 0 Å². The van der Waals surface area contributed by atoms with E-state index in [1.165, 1.54) is 18.1 Å². The number of hydrogen-bond donors (Lipinski definition) is 0. The van der Waals surface area contributed by atoms with Crippen molar-refractivity contribution in [2.75, 3.05) is 6.61 Å². The van der Waals surface area contributed by atoms with Gasteiger partial charge in [0.25, 0.3) is 0 Å². The third kappa shape index (κ3) is 3.31. The van der Waals surface area contributed by atoms with Crippen LogP contribution >= 0.6 is 0 Å². The largest absolute Gasteiger partial charge is 0.464 e. The maximum Gasteiger partial charge on any atom is 0.302 e. The van der Waals surface area contributed by atoms with Crippen molar-refractivity contribution < 1.29 is 9.53 Å². The molecule has 0 spiro atoms. The smallest absolute Gasteiger partial charge is 0.302 e. The van der Waals surface area contributed by atoms with Crippen molar-refractivity contribution in [1.82, 2.24) is 4.90 Å². The van der Waals surface area contributed by atoms with Gasteiger partial charge in [0.05, 0.1) is 12.1 Å². The first-order valence-corrected chi connectivity index (χ1v) is 7.23. The quantitative estimate of drug-likeness (QED) is 0.622. The summed E-state index contributed by atoms with van der Waals surface area (Å²) in [5.41, 5.74) is 2.56. The third-order valence-electron chi connectivity index (χ3n) is 3.86. The number of hydrogen-bond acceptors (Lipinski definition) is 3. The molecule has 0 bridgehead atoms. The molecule has 3 heteroatoms. The Bertz CT molecular complexity index is 597. The van der Waals surface area contributed by atoms with Gasteiger partial charge in [-0.1, -0.05) is 60.7 Å². The van der Waals surface area contributed by atoms with Crippen molar-refractivity contribution >= 4 is 5.97 Å². The highest BCUT2D eigenvalue weighted by Gasteiger charge is 2.48. The molecule has 1 saturated heterocycles. The van der Waals surface area contributed by atoms with E-state index in [1.54, 1.807) is 0 Å². The summed E-state index contributed by atoms with van der Waals surface area (Å²) in [6.45, 7) is 2.80. The molecule has 0 radical (unpaired) electrons. The van der Waals surface area contributed by atoms with Crippen molar-refractivity contribution in [3.8, 4) is 0 Å². The predicted molar refractivity (Wildman–Crippen MR) is 81.6 cm³/mol. The average molecular weight is 281 g/mol. The maximum atomic E-state index is 11.0. The van der Waals surface area contributed by atoms with Gasteiger partial charge in [-0.05, 0) is 11.1 Å². The Morgan fingerprint density at radius 2 is 1.67 bits per heavy atom. The van der Waals surface area contributed by atoms with Crippen LogP contribution in [0.4, 0.5) is 0 Å². The lowest BCUT2D eigenvalue weighted by Crippen LogP contribution is -2.11.